The second-order valence-corrected chi connectivity index (χ2v) is 3.95. The maximum absolute atomic E-state index is 8.40. The number of methoxy groups -OCH3 is 2. The van der Waals surface area contributed by atoms with Gasteiger partial charge in [0.2, 0.25) is 0 Å². The normalized spacial score (nSPS) is 10.6. The maximum atomic E-state index is 8.40. The van der Waals surface area contributed by atoms with E-state index in [4.69, 9.17) is 20.4 Å². The van der Waals surface area contributed by atoms with Gasteiger partial charge in [-0.3, -0.25) is 0 Å². The minimum absolute atomic E-state index is 0. The zero-order chi connectivity index (χ0) is 12.0. The quantitative estimate of drug-likeness (QED) is 0.283. The Labute approximate surface area is 110 Å². The first-order valence-electron chi connectivity index (χ1n) is 4.52. The molecule has 0 saturated heterocycles. The molecule has 3 N–H and O–H groups in total. The van der Waals surface area contributed by atoms with Gasteiger partial charge < -0.3 is 20.4 Å². The number of nitrogens with two attached hydrogens (primary N) is 1. The first-order valence-corrected chi connectivity index (χ1v) is 5.51. The number of halogens is 1. The molecule has 0 unspecified atom stereocenters. The summed E-state index contributed by atoms with van der Waals surface area (Å²) in [5.74, 6) is 1.94. The van der Waals surface area contributed by atoms with Crippen LogP contribution in [0.5, 0.6) is 11.5 Å². The summed E-state index contributed by atoms with van der Waals surface area (Å²) in [6.45, 7) is 0. The minimum Gasteiger partial charge on any atom is -0.493 e. The van der Waals surface area contributed by atoms with Crippen molar-refractivity contribution in [2.75, 3.05) is 20.0 Å². The van der Waals surface area contributed by atoms with Crippen LogP contribution in [0.2, 0.25) is 0 Å². The van der Waals surface area contributed by atoms with E-state index in [0.717, 1.165) is 4.90 Å². The van der Waals surface area contributed by atoms with Gasteiger partial charge in [0.25, 0.3) is 0 Å². The summed E-state index contributed by atoms with van der Waals surface area (Å²) < 4.78 is 10.3. The molecular formula is C10H15ClN2O3S. The molecule has 0 atom stereocenters. The van der Waals surface area contributed by atoms with E-state index in [0.29, 0.717) is 17.3 Å². The number of thioether (sulfide) groups is 1. The van der Waals surface area contributed by atoms with Crippen molar-refractivity contribution in [2.24, 2.45) is 10.9 Å². The van der Waals surface area contributed by atoms with Gasteiger partial charge in [-0.25, -0.2) is 0 Å². The SMILES string of the molecule is COc1ccc(SC/C(N)=N\O)cc1OC.Cl. The zero-order valence-electron chi connectivity index (χ0n) is 9.54. The molecule has 0 saturated carbocycles. The van der Waals surface area contributed by atoms with Crippen LogP contribution >= 0.6 is 24.2 Å². The van der Waals surface area contributed by atoms with Crippen molar-refractivity contribution in [3.05, 3.63) is 18.2 Å². The molecule has 17 heavy (non-hydrogen) atoms. The van der Waals surface area contributed by atoms with Gasteiger partial charge in [-0.1, -0.05) is 5.16 Å². The van der Waals surface area contributed by atoms with Crippen LogP contribution < -0.4 is 15.2 Å². The van der Waals surface area contributed by atoms with Gasteiger partial charge in [-0.05, 0) is 18.2 Å². The molecule has 0 radical (unpaired) electrons. The maximum Gasteiger partial charge on any atom is 0.161 e. The molecule has 7 heteroatoms. The topological polar surface area (TPSA) is 77.1 Å². The van der Waals surface area contributed by atoms with Crippen LogP contribution in [-0.4, -0.2) is 31.0 Å². The van der Waals surface area contributed by atoms with E-state index in [1.165, 1.54) is 11.8 Å². The minimum atomic E-state index is 0. The molecule has 1 aromatic carbocycles. The standard InChI is InChI=1S/C10H14N2O3S.ClH/c1-14-8-4-3-7(5-9(8)15-2)16-6-10(11)12-13;/h3-5,13H,6H2,1-2H3,(H2,11,12);1H. The van der Waals surface area contributed by atoms with Gasteiger partial charge in [0, 0.05) is 4.90 Å². The monoisotopic (exact) mass is 278 g/mol. The van der Waals surface area contributed by atoms with Crippen LogP contribution in [0.25, 0.3) is 0 Å². The number of amidine groups is 1. The molecule has 1 rings (SSSR count). The molecule has 5 nitrogen and oxygen atoms in total. The third-order valence-electron chi connectivity index (χ3n) is 1.87. The second-order valence-electron chi connectivity index (χ2n) is 2.90. The number of ether oxygens (including phenoxy) is 2. The second kappa shape index (κ2) is 7.92. The van der Waals surface area contributed by atoms with E-state index in [9.17, 15) is 0 Å². The Morgan fingerprint density at radius 2 is 2.00 bits per heavy atom. The third-order valence-corrected chi connectivity index (χ3v) is 2.90. The van der Waals surface area contributed by atoms with Crippen molar-refractivity contribution in [1.82, 2.24) is 0 Å². The summed E-state index contributed by atoms with van der Waals surface area (Å²) >= 11 is 1.45. The summed E-state index contributed by atoms with van der Waals surface area (Å²) in [6, 6.07) is 5.54. The van der Waals surface area contributed by atoms with Gasteiger partial charge >= 0.3 is 0 Å². The van der Waals surface area contributed by atoms with E-state index < -0.39 is 0 Å². The number of nitrogens with zero attached hydrogens (tertiary/aromatic N) is 1. The van der Waals surface area contributed by atoms with Gasteiger partial charge in [0.05, 0.1) is 20.0 Å². The van der Waals surface area contributed by atoms with Crippen molar-refractivity contribution in [3.8, 4) is 11.5 Å². The van der Waals surface area contributed by atoms with Crippen molar-refractivity contribution in [2.45, 2.75) is 4.90 Å². The predicted molar refractivity (Wildman–Crippen MR) is 70.9 cm³/mol. The molecule has 96 valence electrons. The van der Waals surface area contributed by atoms with Crippen LogP contribution in [0.3, 0.4) is 0 Å². The molecule has 0 spiro atoms. The Bertz CT molecular complexity index is 388. The lowest BCUT2D eigenvalue weighted by atomic mass is 10.3. The van der Waals surface area contributed by atoms with Crippen molar-refractivity contribution >= 4 is 30.0 Å². The highest BCUT2D eigenvalue weighted by Gasteiger charge is 2.05. The molecule has 0 heterocycles. The fourth-order valence-corrected chi connectivity index (χ4v) is 1.82. The Morgan fingerprint density at radius 1 is 1.35 bits per heavy atom. The molecule has 0 aliphatic carbocycles. The van der Waals surface area contributed by atoms with Crippen molar-refractivity contribution in [3.63, 3.8) is 0 Å². The summed E-state index contributed by atoms with van der Waals surface area (Å²) in [6.07, 6.45) is 0. The first-order chi connectivity index (χ1) is 7.71. The first kappa shape index (κ1) is 15.7. The number of hydrogen-bond donors (Lipinski definition) is 2. The average Bonchev–Trinajstić information content (AvgIpc) is 2.35. The van der Waals surface area contributed by atoms with Crippen molar-refractivity contribution < 1.29 is 14.7 Å². The fourth-order valence-electron chi connectivity index (χ4n) is 1.09. The molecule has 0 aliphatic heterocycles. The fraction of sp³-hybridized carbons (Fsp3) is 0.300. The Morgan fingerprint density at radius 3 is 2.53 bits per heavy atom. The van der Waals surface area contributed by atoms with E-state index in [1.54, 1.807) is 14.2 Å². The van der Waals surface area contributed by atoms with Crippen LogP contribution in [-0.2, 0) is 0 Å². The smallest absolute Gasteiger partial charge is 0.161 e. The van der Waals surface area contributed by atoms with Crippen LogP contribution in [0.4, 0.5) is 0 Å². The van der Waals surface area contributed by atoms with Crippen LogP contribution in [0, 0.1) is 0 Å². The number of hydrogen-bond acceptors (Lipinski definition) is 5. The largest absolute Gasteiger partial charge is 0.493 e. The number of benzene rings is 1. The summed E-state index contributed by atoms with van der Waals surface area (Å²) in [7, 11) is 3.16. The lowest BCUT2D eigenvalue weighted by Crippen LogP contribution is -2.14. The van der Waals surface area contributed by atoms with E-state index in [2.05, 4.69) is 5.16 Å². The predicted octanol–water partition coefficient (Wildman–Crippen LogP) is 1.96. The number of rotatable bonds is 5. The van der Waals surface area contributed by atoms with Gasteiger partial charge in [-0.15, -0.1) is 24.2 Å². The molecule has 0 bridgehead atoms. The third kappa shape index (κ3) is 4.62. The molecular weight excluding hydrogens is 264 g/mol. The summed E-state index contributed by atoms with van der Waals surface area (Å²) in [4.78, 5) is 0.962. The average molecular weight is 279 g/mol. The van der Waals surface area contributed by atoms with Crippen LogP contribution in [0.15, 0.2) is 28.3 Å². The van der Waals surface area contributed by atoms with E-state index in [-0.39, 0.29) is 18.2 Å². The highest BCUT2D eigenvalue weighted by atomic mass is 35.5. The van der Waals surface area contributed by atoms with Gasteiger partial charge in [-0.2, -0.15) is 0 Å². The number of oxime groups is 1. The Hall–Kier alpha value is -1.27. The summed E-state index contributed by atoms with van der Waals surface area (Å²) in [5, 5.41) is 11.3. The molecule has 0 amide bonds. The molecule has 0 aromatic heterocycles. The van der Waals surface area contributed by atoms with E-state index >= 15 is 0 Å². The summed E-state index contributed by atoms with van der Waals surface area (Å²) in [5.41, 5.74) is 5.37. The van der Waals surface area contributed by atoms with Crippen molar-refractivity contribution in [1.29, 1.82) is 0 Å². The molecule has 1 aromatic rings. The Kier molecular flexibility index (Phi) is 7.32. The van der Waals surface area contributed by atoms with E-state index in [1.807, 2.05) is 18.2 Å². The highest BCUT2D eigenvalue weighted by Crippen LogP contribution is 2.31. The zero-order valence-corrected chi connectivity index (χ0v) is 11.2. The molecule has 0 fully saturated rings. The van der Waals surface area contributed by atoms with Gasteiger partial charge in [0.15, 0.2) is 11.5 Å². The van der Waals surface area contributed by atoms with Gasteiger partial charge in [0.1, 0.15) is 5.84 Å². The highest BCUT2D eigenvalue weighted by molar-refractivity contribution is 8.00. The lowest BCUT2D eigenvalue weighted by molar-refractivity contribution is 0.318. The molecule has 0 aliphatic rings. The van der Waals surface area contributed by atoms with Crippen LogP contribution in [0.1, 0.15) is 0 Å². The lowest BCUT2D eigenvalue weighted by Gasteiger charge is -2.08. The Balaban J connectivity index is 0.00000256.